The molecular formula is C11H21NO. The number of rotatable bonds is 2. The smallest absolute Gasteiger partial charge is 0.0772 e. The molecule has 2 nitrogen and oxygen atoms in total. The van der Waals surface area contributed by atoms with Crippen molar-refractivity contribution in [1.82, 2.24) is 5.32 Å². The lowest BCUT2D eigenvalue weighted by Gasteiger charge is -2.29. The third-order valence-corrected chi connectivity index (χ3v) is 3.72. The summed E-state index contributed by atoms with van der Waals surface area (Å²) >= 11 is 0. The van der Waals surface area contributed by atoms with Crippen LogP contribution in [0.5, 0.6) is 0 Å². The molecule has 0 aromatic rings. The van der Waals surface area contributed by atoms with E-state index >= 15 is 0 Å². The Morgan fingerprint density at radius 2 is 1.85 bits per heavy atom. The van der Waals surface area contributed by atoms with E-state index in [-0.39, 0.29) is 0 Å². The molecule has 0 amide bonds. The van der Waals surface area contributed by atoms with E-state index in [0.717, 1.165) is 12.8 Å². The summed E-state index contributed by atoms with van der Waals surface area (Å²) in [6.45, 7) is 1.98. The topological polar surface area (TPSA) is 32.3 Å². The highest BCUT2D eigenvalue weighted by Crippen LogP contribution is 2.31. The standard InChI is InChI=1S/C11H21NO/c1-11(13)8-4-7-10(11)12-9-5-2-3-6-9/h9-10,12-13H,2-8H2,1H3. The van der Waals surface area contributed by atoms with E-state index in [0.29, 0.717) is 12.1 Å². The average Bonchev–Trinajstić information content (AvgIpc) is 2.63. The summed E-state index contributed by atoms with van der Waals surface area (Å²) in [6.07, 6.45) is 8.66. The Bertz CT molecular complexity index is 173. The molecular weight excluding hydrogens is 162 g/mol. The van der Waals surface area contributed by atoms with Gasteiger partial charge < -0.3 is 10.4 Å². The lowest BCUT2D eigenvalue weighted by Crippen LogP contribution is -2.48. The van der Waals surface area contributed by atoms with Crippen LogP contribution in [0.3, 0.4) is 0 Å². The average molecular weight is 183 g/mol. The summed E-state index contributed by atoms with van der Waals surface area (Å²) < 4.78 is 0. The van der Waals surface area contributed by atoms with Crippen LogP contribution in [0.4, 0.5) is 0 Å². The van der Waals surface area contributed by atoms with Gasteiger partial charge in [0.2, 0.25) is 0 Å². The fraction of sp³-hybridized carbons (Fsp3) is 1.00. The van der Waals surface area contributed by atoms with Gasteiger partial charge in [0.15, 0.2) is 0 Å². The van der Waals surface area contributed by atoms with Crippen LogP contribution < -0.4 is 5.32 Å². The molecule has 0 radical (unpaired) electrons. The molecule has 2 N–H and O–H groups in total. The highest BCUT2D eigenvalue weighted by Gasteiger charge is 2.37. The van der Waals surface area contributed by atoms with Gasteiger partial charge in [-0.3, -0.25) is 0 Å². The zero-order chi connectivity index (χ0) is 9.31. The lowest BCUT2D eigenvalue weighted by molar-refractivity contribution is 0.0354. The van der Waals surface area contributed by atoms with Crippen molar-refractivity contribution in [3.63, 3.8) is 0 Å². The molecule has 2 heteroatoms. The van der Waals surface area contributed by atoms with Gasteiger partial charge in [0.05, 0.1) is 5.60 Å². The predicted molar refractivity (Wildman–Crippen MR) is 53.7 cm³/mol. The zero-order valence-electron chi connectivity index (χ0n) is 8.55. The first-order valence-corrected chi connectivity index (χ1v) is 5.67. The molecule has 0 bridgehead atoms. The van der Waals surface area contributed by atoms with Gasteiger partial charge in [-0.1, -0.05) is 12.8 Å². The van der Waals surface area contributed by atoms with E-state index in [1.165, 1.54) is 32.1 Å². The summed E-state index contributed by atoms with van der Waals surface area (Å²) in [7, 11) is 0. The van der Waals surface area contributed by atoms with Gasteiger partial charge in [0, 0.05) is 12.1 Å². The maximum Gasteiger partial charge on any atom is 0.0772 e. The summed E-state index contributed by atoms with van der Waals surface area (Å²) in [6, 6.07) is 1.05. The molecule has 2 aliphatic carbocycles. The van der Waals surface area contributed by atoms with Crippen molar-refractivity contribution in [3.8, 4) is 0 Å². The van der Waals surface area contributed by atoms with Crippen molar-refractivity contribution in [2.45, 2.75) is 69.6 Å². The van der Waals surface area contributed by atoms with Crippen LogP contribution in [0.15, 0.2) is 0 Å². The van der Waals surface area contributed by atoms with E-state index in [9.17, 15) is 5.11 Å². The third kappa shape index (κ3) is 2.05. The number of nitrogens with one attached hydrogen (secondary N) is 1. The van der Waals surface area contributed by atoms with Gasteiger partial charge >= 0.3 is 0 Å². The van der Waals surface area contributed by atoms with Gasteiger partial charge in [0.1, 0.15) is 0 Å². The maximum absolute atomic E-state index is 10.1. The molecule has 2 fully saturated rings. The summed E-state index contributed by atoms with van der Waals surface area (Å²) in [5.74, 6) is 0. The Morgan fingerprint density at radius 1 is 1.15 bits per heavy atom. The Morgan fingerprint density at radius 3 is 2.38 bits per heavy atom. The van der Waals surface area contributed by atoms with Crippen LogP contribution in [0.2, 0.25) is 0 Å². The molecule has 2 saturated carbocycles. The SMILES string of the molecule is CC1(O)CCCC1NC1CCCC1. The van der Waals surface area contributed by atoms with Crippen molar-refractivity contribution >= 4 is 0 Å². The Balaban J connectivity index is 1.86. The first-order valence-electron chi connectivity index (χ1n) is 5.67. The fourth-order valence-corrected chi connectivity index (χ4v) is 2.79. The molecule has 0 aromatic carbocycles. The molecule has 0 aromatic heterocycles. The van der Waals surface area contributed by atoms with Crippen LogP contribution in [0, 0.1) is 0 Å². The first kappa shape index (κ1) is 9.47. The van der Waals surface area contributed by atoms with Gasteiger partial charge in [-0.25, -0.2) is 0 Å². The monoisotopic (exact) mass is 183 g/mol. The molecule has 0 heterocycles. The van der Waals surface area contributed by atoms with Gasteiger partial charge in [-0.2, -0.15) is 0 Å². The van der Waals surface area contributed by atoms with Crippen LogP contribution in [0.25, 0.3) is 0 Å². The number of hydrogen-bond donors (Lipinski definition) is 2. The largest absolute Gasteiger partial charge is 0.389 e. The molecule has 2 rings (SSSR count). The van der Waals surface area contributed by atoms with Crippen LogP contribution in [-0.4, -0.2) is 22.8 Å². The predicted octanol–water partition coefficient (Wildman–Crippen LogP) is 1.82. The van der Waals surface area contributed by atoms with Crippen LogP contribution in [-0.2, 0) is 0 Å². The molecule has 2 atom stereocenters. The van der Waals surface area contributed by atoms with E-state index in [1.54, 1.807) is 0 Å². The lowest BCUT2D eigenvalue weighted by atomic mass is 9.99. The third-order valence-electron chi connectivity index (χ3n) is 3.72. The number of hydrogen-bond acceptors (Lipinski definition) is 2. The summed E-state index contributed by atoms with van der Waals surface area (Å²) in [4.78, 5) is 0. The van der Waals surface area contributed by atoms with Gasteiger partial charge in [0.25, 0.3) is 0 Å². The molecule has 0 saturated heterocycles. The van der Waals surface area contributed by atoms with Crippen molar-refractivity contribution in [1.29, 1.82) is 0 Å². The molecule has 13 heavy (non-hydrogen) atoms. The Labute approximate surface area is 80.7 Å². The maximum atomic E-state index is 10.1. The summed E-state index contributed by atoms with van der Waals surface area (Å²) in [5.41, 5.74) is -0.442. The minimum atomic E-state index is -0.442. The fourth-order valence-electron chi connectivity index (χ4n) is 2.79. The van der Waals surface area contributed by atoms with Gasteiger partial charge in [-0.05, 0) is 39.0 Å². The normalized spacial score (nSPS) is 41.5. The van der Waals surface area contributed by atoms with Crippen molar-refractivity contribution in [2.24, 2.45) is 0 Å². The van der Waals surface area contributed by atoms with E-state index in [4.69, 9.17) is 0 Å². The molecule has 76 valence electrons. The van der Waals surface area contributed by atoms with Crippen molar-refractivity contribution < 1.29 is 5.11 Å². The Hall–Kier alpha value is -0.0800. The minimum Gasteiger partial charge on any atom is -0.389 e. The van der Waals surface area contributed by atoms with Crippen LogP contribution >= 0.6 is 0 Å². The van der Waals surface area contributed by atoms with E-state index in [1.807, 2.05) is 6.92 Å². The van der Waals surface area contributed by atoms with Crippen molar-refractivity contribution in [3.05, 3.63) is 0 Å². The molecule has 0 aliphatic heterocycles. The molecule has 2 unspecified atom stereocenters. The van der Waals surface area contributed by atoms with E-state index in [2.05, 4.69) is 5.32 Å². The second-order valence-corrected chi connectivity index (χ2v) is 4.95. The minimum absolute atomic E-state index is 0.357. The second kappa shape index (κ2) is 3.58. The quantitative estimate of drug-likeness (QED) is 0.684. The number of aliphatic hydroxyl groups is 1. The highest BCUT2D eigenvalue weighted by molar-refractivity contribution is 4.95. The second-order valence-electron chi connectivity index (χ2n) is 4.95. The first-order chi connectivity index (χ1) is 6.18. The highest BCUT2D eigenvalue weighted by atomic mass is 16.3. The zero-order valence-corrected chi connectivity index (χ0v) is 8.55. The summed E-state index contributed by atoms with van der Waals surface area (Å²) in [5, 5.41) is 13.7. The molecule has 2 aliphatic rings. The van der Waals surface area contributed by atoms with Crippen molar-refractivity contribution in [2.75, 3.05) is 0 Å². The Kier molecular flexibility index (Phi) is 2.61. The van der Waals surface area contributed by atoms with Gasteiger partial charge in [-0.15, -0.1) is 0 Å². The van der Waals surface area contributed by atoms with Crippen LogP contribution in [0.1, 0.15) is 51.9 Å². The molecule has 0 spiro atoms. The van der Waals surface area contributed by atoms with E-state index < -0.39 is 5.60 Å².